The van der Waals surface area contributed by atoms with Crippen LogP contribution in [0.25, 0.3) is 0 Å². The Morgan fingerprint density at radius 1 is 1.56 bits per heavy atom. The molecule has 0 spiro atoms. The smallest absolute Gasteiger partial charge is 0.0904 e. The van der Waals surface area contributed by atoms with Gasteiger partial charge in [0.05, 0.1) is 28.1 Å². The number of hydrogen-bond donors (Lipinski definition) is 1. The molecule has 18 heavy (non-hydrogen) atoms. The predicted octanol–water partition coefficient (Wildman–Crippen LogP) is 2.63. The predicted molar refractivity (Wildman–Crippen MR) is 75.6 cm³/mol. The summed E-state index contributed by atoms with van der Waals surface area (Å²) in [6, 6.07) is 0. The molecule has 1 N–H and O–H groups in total. The van der Waals surface area contributed by atoms with Gasteiger partial charge < -0.3 is 10.1 Å². The standard InChI is InChI=1S/C13H22BrN3O/c1-4-17-11(12(14)10(2)16-17)8-18-13(3)6-5-7-15-9-13/h15H,4-9H2,1-3H3. The molecule has 1 aromatic heterocycles. The largest absolute Gasteiger partial charge is 0.368 e. The van der Waals surface area contributed by atoms with Gasteiger partial charge in [0.2, 0.25) is 0 Å². The lowest BCUT2D eigenvalue weighted by molar-refractivity contribution is -0.0596. The van der Waals surface area contributed by atoms with Gasteiger partial charge in [0.1, 0.15) is 0 Å². The summed E-state index contributed by atoms with van der Waals surface area (Å²) < 4.78 is 9.23. The van der Waals surface area contributed by atoms with Crippen LogP contribution in [0.1, 0.15) is 38.1 Å². The third-order valence-corrected chi connectivity index (χ3v) is 4.60. The number of nitrogens with one attached hydrogen (secondary N) is 1. The van der Waals surface area contributed by atoms with E-state index in [4.69, 9.17) is 4.74 Å². The second-order valence-corrected chi connectivity index (χ2v) is 5.97. The van der Waals surface area contributed by atoms with Crippen molar-refractivity contribution in [3.8, 4) is 0 Å². The molecule has 1 aromatic rings. The summed E-state index contributed by atoms with van der Waals surface area (Å²) >= 11 is 3.61. The second kappa shape index (κ2) is 5.72. The number of aromatic nitrogens is 2. The molecule has 0 bridgehead atoms. The monoisotopic (exact) mass is 315 g/mol. The van der Waals surface area contributed by atoms with Gasteiger partial charge >= 0.3 is 0 Å². The van der Waals surface area contributed by atoms with Gasteiger partial charge in [0, 0.05) is 13.1 Å². The topological polar surface area (TPSA) is 39.1 Å². The van der Waals surface area contributed by atoms with Gasteiger partial charge in [0.25, 0.3) is 0 Å². The quantitative estimate of drug-likeness (QED) is 0.928. The number of halogens is 1. The fraction of sp³-hybridized carbons (Fsp3) is 0.769. The van der Waals surface area contributed by atoms with E-state index in [0.717, 1.165) is 41.9 Å². The molecule has 2 heterocycles. The Morgan fingerprint density at radius 3 is 2.94 bits per heavy atom. The number of piperidine rings is 1. The molecule has 0 aromatic carbocycles. The Labute approximate surface area is 117 Å². The second-order valence-electron chi connectivity index (χ2n) is 5.18. The molecule has 4 nitrogen and oxygen atoms in total. The maximum absolute atomic E-state index is 6.14. The summed E-state index contributed by atoms with van der Waals surface area (Å²) in [5.41, 5.74) is 2.12. The van der Waals surface area contributed by atoms with Gasteiger partial charge in [-0.3, -0.25) is 4.68 Å². The van der Waals surface area contributed by atoms with Gasteiger partial charge in [-0.05, 0) is 56.1 Å². The van der Waals surface area contributed by atoms with Crippen molar-refractivity contribution >= 4 is 15.9 Å². The van der Waals surface area contributed by atoms with Crippen molar-refractivity contribution in [3.05, 3.63) is 15.9 Å². The molecule has 1 fully saturated rings. The minimum absolute atomic E-state index is 0.0472. The van der Waals surface area contributed by atoms with Crippen molar-refractivity contribution in [3.63, 3.8) is 0 Å². The highest BCUT2D eigenvalue weighted by Crippen LogP contribution is 2.26. The fourth-order valence-electron chi connectivity index (χ4n) is 2.40. The van der Waals surface area contributed by atoms with E-state index in [0.29, 0.717) is 6.61 Å². The van der Waals surface area contributed by atoms with E-state index in [1.165, 1.54) is 6.42 Å². The van der Waals surface area contributed by atoms with Gasteiger partial charge in [-0.2, -0.15) is 5.10 Å². The first kappa shape index (κ1) is 14.0. The molecular weight excluding hydrogens is 294 g/mol. The molecule has 0 amide bonds. The van der Waals surface area contributed by atoms with Crippen molar-refractivity contribution in [2.24, 2.45) is 0 Å². The van der Waals surface area contributed by atoms with E-state index < -0.39 is 0 Å². The van der Waals surface area contributed by atoms with Crippen LogP contribution in [-0.4, -0.2) is 28.5 Å². The highest BCUT2D eigenvalue weighted by atomic mass is 79.9. The zero-order valence-corrected chi connectivity index (χ0v) is 13.0. The third kappa shape index (κ3) is 2.95. The van der Waals surface area contributed by atoms with Crippen LogP contribution in [0.15, 0.2) is 4.47 Å². The SMILES string of the molecule is CCn1nc(C)c(Br)c1COC1(C)CCCNC1. The van der Waals surface area contributed by atoms with E-state index in [9.17, 15) is 0 Å². The average Bonchev–Trinajstić information content (AvgIpc) is 2.64. The van der Waals surface area contributed by atoms with Gasteiger partial charge in [-0.15, -0.1) is 0 Å². The first-order valence-electron chi connectivity index (χ1n) is 6.62. The molecule has 0 aliphatic carbocycles. The number of aryl methyl sites for hydroxylation is 2. The fourth-order valence-corrected chi connectivity index (χ4v) is 2.80. The highest BCUT2D eigenvalue weighted by Gasteiger charge is 2.28. The van der Waals surface area contributed by atoms with Gasteiger partial charge in [-0.25, -0.2) is 0 Å². The molecule has 1 saturated heterocycles. The summed E-state index contributed by atoms with van der Waals surface area (Å²) in [6.45, 7) is 9.84. The van der Waals surface area contributed by atoms with E-state index in [1.807, 2.05) is 11.6 Å². The van der Waals surface area contributed by atoms with Crippen LogP contribution in [-0.2, 0) is 17.9 Å². The Balaban J connectivity index is 2.05. The average molecular weight is 316 g/mol. The van der Waals surface area contributed by atoms with Crippen LogP contribution in [0, 0.1) is 6.92 Å². The Bertz CT molecular complexity index is 411. The summed E-state index contributed by atoms with van der Waals surface area (Å²) in [5, 5.41) is 7.89. The van der Waals surface area contributed by atoms with Crippen LogP contribution in [0.5, 0.6) is 0 Å². The maximum Gasteiger partial charge on any atom is 0.0904 e. The molecular formula is C13H22BrN3O. The lowest BCUT2D eigenvalue weighted by atomic mass is 9.96. The highest BCUT2D eigenvalue weighted by molar-refractivity contribution is 9.10. The molecule has 0 radical (unpaired) electrons. The van der Waals surface area contributed by atoms with Crippen LogP contribution in [0.4, 0.5) is 0 Å². The maximum atomic E-state index is 6.14. The first-order valence-corrected chi connectivity index (χ1v) is 7.41. The van der Waals surface area contributed by atoms with Gasteiger partial charge in [-0.1, -0.05) is 0 Å². The molecule has 1 aliphatic heterocycles. The van der Waals surface area contributed by atoms with Crippen molar-refractivity contribution in [1.82, 2.24) is 15.1 Å². The summed E-state index contributed by atoms with van der Waals surface area (Å²) in [5.74, 6) is 0. The Hall–Kier alpha value is -0.390. The summed E-state index contributed by atoms with van der Waals surface area (Å²) in [7, 11) is 0. The van der Waals surface area contributed by atoms with Crippen molar-refractivity contribution in [1.29, 1.82) is 0 Å². The van der Waals surface area contributed by atoms with Crippen LogP contribution in [0.3, 0.4) is 0 Å². The number of nitrogens with zero attached hydrogens (tertiary/aromatic N) is 2. The van der Waals surface area contributed by atoms with Crippen molar-refractivity contribution in [2.45, 2.75) is 52.4 Å². The molecule has 5 heteroatoms. The molecule has 2 rings (SSSR count). The minimum Gasteiger partial charge on any atom is -0.368 e. The van der Waals surface area contributed by atoms with Gasteiger partial charge in [0.15, 0.2) is 0 Å². The van der Waals surface area contributed by atoms with Crippen LogP contribution >= 0.6 is 15.9 Å². The zero-order chi connectivity index (χ0) is 13.2. The normalized spacial score (nSPS) is 24.4. The Kier molecular flexibility index (Phi) is 4.45. The van der Waals surface area contributed by atoms with E-state index >= 15 is 0 Å². The zero-order valence-electron chi connectivity index (χ0n) is 11.4. The molecule has 102 valence electrons. The number of hydrogen-bond acceptors (Lipinski definition) is 3. The number of rotatable bonds is 4. The Morgan fingerprint density at radius 2 is 2.33 bits per heavy atom. The van der Waals surface area contributed by atoms with E-state index in [-0.39, 0.29) is 5.60 Å². The third-order valence-electron chi connectivity index (χ3n) is 3.57. The first-order chi connectivity index (χ1) is 8.56. The van der Waals surface area contributed by atoms with Crippen LogP contribution < -0.4 is 5.32 Å². The summed E-state index contributed by atoms with van der Waals surface area (Å²) in [4.78, 5) is 0. The lowest BCUT2D eigenvalue weighted by Crippen LogP contribution is -2.45. The van der Waals surface area contributed by atoms with E-state index in [1.54, 1.807) is 0 Å². The molecule has 1 unspecified atom stereocenters. The minimum atomic E-state index is -0.0472. The number of ether oxygens (including phenoxy) is 1. The van der Waals surface area contributed by atoms with Crippen LogP contribution in [0.2, 0.25) is 0 Å². The van der Waals surface area contributed by atoms with Crippen molar-refractivity contribution < 1.29 is 4.74 Å². The molecule has 0 saturated carbocycles. The van der Waals surface area contributed by atoms with E-state index in [2.05, 4.69) is 40.2 Å². The lowest BCUT2D eigenvalue weighted by Gasteiger charge is -2.34. The van der Waals surface area contributed by atoms with Crippen molar-refractivity contribution in [2.75, 3.05) is 13.1 Å². The molecule has 1 aliphatic rings. The molecule has 1 atom stereocenters. The summed E-state index contributed by atoms with van der Waals surface area (Å²) in [6.07, 6.45) is 2.31.